The number of rotatable bonds is 3. The lowest BCUT2D eigenvalue weighted by atomic mass is 9.99. The fourth-order valence-electron chi connectivity index (χ4n) is 9.02. The lowest BCUT2D eigenvalue weighted by molar-refractivity contribution is 1.18. The van der Waals surface area contributed by atoms with Gasteiger partial charge in [0.2, 0.25) is 0 Å². The van der Waals surface area contributed by atoms with Crippen LogP contribution in [0.15, 0.2) is 176 Å². The Labute approximate surface area is 299 Å². The van der Waals surface area contributed by atoms with Crippen molar-refractivity contribution in [1.82, 2.24) is 14.1 Å². The van der Waals surface area contributed by atoms with E-state index < -0.39 is 0 Å². The molecule has 240 valence electrons. The maximum atomic E-state index is 4.81. The Bertz CT molecular complexity index is 3280. The van der Waals surface area contributed by atoms with Crippen molar-refractivity contribution in [2.24, 2.45) is 0 Å². The maximum Gasteiger partial charge on any atom is 0.0792 e. The highest BCUT2D eigenvalue weighted by molar-refractivity contribution is 6.22. The van der Waals surface area contributed by atoms with Crippen molar-refractivity contribution in [1.29, 1.82) is 0 Å². The number of hydrogen-bond donors (Lipinski definition) is 0. The molecule has 3 heterocycles. The second-order valence-electron chi connectivity index (χ2n) is 14.0. The zero-order valence-electron chi connectivity index (χ0n) is 28.1. The summed E-state index contributed by atoms with van der Waals surface area (Å²) >= 11 is 0. The van der Waals surface area contributed by atoms with Gasteiger partial charge in [0, 0.05) is 50.1 Å². The molecular formula is C49H29N3. The smallest absolute Gasteiger partial charge is 0.0792 e. The van der Waals surface area contributed by atoms with E-state index in [1.54, 1.807) is 0 Å². The number of fused-ring (bicyclic) bond motifs is 11. The Balaban J connectivity index is 1.07. The molecule has 3 nitrogen and oxygen atoms in total. The van der Waals surface area contributed by atoms with E-state index in [4.69, 9.17) is 4.98 Å². The van der Waals surface area contributed by atoms with Crippen molar-refractivity contribution in [3.05, 3.63) is 176 Å². The fourth-order valence-corrected chi connectivity index (χ4v) is 9.02. The number of hydrogen-bond acceptors (Lipinski definition) is 1. The molecule has 0 spiro atoms. The molecule has 11 aromatic rings. The highest BCUT2D eigenvalue weighted by Crippen LogP contribution is 2.47. The summed E-state index contributed by atoms with van der Waals surface area (Å²) in [4.78, 5) is 4.81. The predicted octanol–water partition coefficient (Wildman–Crippen LogP) is 12.9. The largest absolute Gasteiger partial charge is 0.309 e. The van der Waals surface area contributed by atoms with Crippen LogP contribution in [0.2, 0.25) is 0 Å². The van der Waals surface area contributed by atoms with E-state index in [-0.39, 0.29) is 0 Å². The molecule has 1 aliphatic rings. The van der Waals surface area contributed by atoms with Crippen LogP contribution in [0.3, 0.4) is 0 Å². The molecule has 0 atom stereocenters. The third kappa shape index (κ3) is 3.72. The molecule has 0 saturated heterocycles. The average Bonchev–Trinajstić information content (AvgIpc) is 3.84. The Morgan fingerprint density at radius 3 is 1.92 bits per heavy atom. The van der Waals surface area contributed by atoms with Gasteiger partial charge in [-0.05, 0) is 105 Å². The van der Waals surface area contributed by atoms with Crippen LogP contribution >= 0.6 is 0 Å². The van der Waals surface area contributed by atoms with Gasteiger partial charge < -0.3 is 9.13 Å². The van der Waals surface area contributed by atoms with Gasteiger partial charge in [-0.15, -0.1) is 0 Å². The summed E-state index contributed by atoms with van der Waals surface area (Å²) in [7, 11) is 0. The van der Waals surface area contributed by atoms with Gasteiger partial charge in [-0.3, -0.25) is 4.98 Å². The average molecular weight is 660 g/mol. The van der Waals surface area contributed by atoms with Gasteiger partial charge in [0.25, 0.3) is 0 Å². The normalized spacial score (nSPS) is 12.2. The second kappa shape index (κ2) is 10.3. The molecule has 8 aromatic carbocycles. The number of nitrogens with zero attached hydrogens (tertiary/aromatic N) is 3. The minimum absolute atomic E-state index is 1.08. The molecule has 1 aliphatic carbocycles. The van der Waals surface area contributed by atoms with Crippen LogP contribution in [0.25, 0.3) is 110 Å². The van der Waals surface area contributed by atoms with E-state index in [0.29, 0.717) is 0 Å². The molecule has 3 heteroatoms. The highest BCUT2D eigenvalue weighted by atomic mass is 15.0. The van der Waals surface area contributed by atoms with Gasteiger partial charge in [0.05, 0.1) is 27.8 Å². The lowest BCUT2D eigenvalue weighted by Crippen LogP contribution is -1.94. The summed E-state index contributed by atoms with van der Waals surface area (Å²) in [5, 5.41) is 10.1. The van der Waals surface area contributed by atoms with Gasteiger partial charge in [-0.2, -0.15) is 0 Å². The van der Waals surface area contributed by atoms with Crippen LogP contribution < -0.4 is 0 Å². The summed E-state index contributed by atoms with van der Waals surface area (Å²) in [5.41, 5.74) is 14.4. The number of aromatic nitrogens is 3. The molecule has 0 radical (unpaired) electrons. The fraction of sp³-hybridized carbons (Fsp3) is 0. The summed E-state index contributed by atoms with van der Waals surface area (Å²) < 4.78 is 4.83. The Hall–Kier alpha value is -6.97. The quantitative estimate of drug-likeness (QED) is 0.185. The van der Waals surface area contributed by atoms with Crippen molar-refractivity contribution in [3.63, 3.8) is 0 Å². The molecule has 0 saturated carbocycles. The Morgan fingerprint density at radius 1 is 0.346 bits per heavy atom. The predicted molar refractivity (Wildman–Crippen MR) is 218 cm³/mol. The number of para-hydroxylation sites is 2. The van der Waals surface area contributed by atoms with E-state index in [1.807, 2.05) is 6.20 Å². The molecule has 0 amide bonds. The first kappa shape index (κ1) is 27.8. The third-order valence-electron chi connectivity index (χ3n) is 11.3. The summed E-state index contributed by atoms with van der Waals surface area (Å²) in [6.45, 7) is 0. The topological polar surface area (TPSA) is 22.8 Å². The zero-order valence-corrected chi connectivity index (χ0v) is 28.1. The van der Waals surface area contributed by atoms with Crippen LogP contribution in [0.4, 0.5) is 0 Å². The second-order valence-corrected chi connectivity index (χ2v) is 14.0. The van der Waals surface area contributed by atoms with E-state index in [2.05, 4.69) is 179 Å². The Morgan fingerprint density at radius 2 is 1.04 bits per heavy atom. The SMILES string of the molecule is c1ccc(-n2c3ccc(-c4ccc5c(c4)c4ccccc4n5-c4ccc5c(c4)-c4cccc6ccnc-5c46)cc3c3c4ccccc4ccc32)cc1. The van der Waals surface area contributed by atoms with Gasteiger partial charge >= 0.3 is 0 Å². The van der Waals surface area contributed by atoms with Crippen molar-refractivity contribution in [2.45, 2.75) is 0 Å². The zero-order chi connectivity index (χ0) is 33.9. The van der Waals surface area contributed by atoms with E-state index in [9.17, 15) is 0 Å². The number of benzene rings is 8. The molecule has 0 bridgehead atoms. The lowest BCUT2D eigenvalue weighted by Gasteiger charge is -2.11. The first-order valence-electron chi connectivity index (χ1n) is 17.9. The minimum Gasteiger partial charge on any atom is -0.309 e. The molecule has 0 unspecified atom stereocenters. The van der Waals surface area contributed by atoms with Gasteiger partial charge in [-0.1, -0.05) is 103 Å². The summed E-state index contributed by atoms with van der Waals surface area (Å²) in [6, 6.07) is 62.3. The first-order valence-corrected chi connectivity index (χ1v) is 17.9. The van der Waals surface area contributed by atoms with Gasteiger partial charge in [0.1, 0.15) is 0 Å². The van der Waals surface area contributed by atoms with Crippen LogP contribution in [0.1, 0.15) is 0 Å². The summed E-state index contributed by atoms with van der Waals surface area (Å²) in [5.74, 6) is 0. The molecule has 0 N–H and O–H groups in total. The molecule has 0 aliphatic heterocycles. The molecule has 3 aromatic heterocycles. The van der Waals surface area contributed by atoms with Crippen LogP contribution in [-0.2, 0) is 0 Å². The molecule has 12 rings (SSSR count). The molecule has 52 heavy (non-hydrogen) atoms. The number of pyridine rings is 1. The van der Waals surface area contributed by atoms with E-state index in [1.165, 1.54) is 98.7 Å². The van der Waals surface area contributed by atoms with E-state index in [0.717, 1.165) is 11.4 Å². The van der Waals surface area contributed by atoms with Crippen LogP contribution in [-0.4, -0.2) is 14.1 Å². The highest BCUT2D eigenvalue weighted by Gasteiger charge is 2.24. The van der Waals surface area contributed by atoms with Crippen LogP contribution in [0.5, 0.6) is 0 Å². The van der Waals surface area contributed by atoms with E-state index >= 15 is 0 Å². The monoisotopic (exact) mass is 659 g/mol. The van der Waals surface area contributed by atoms with Crippen LogP contribution in [0, 0.1) is 0 Å². The molecule has 0 fully saturated rings. The van der Waals surface area contributed by atoms with Crippen molar-refractivity contribution in [3.8, 4) is 44.9 Å². The third-order valence-corrected chi connectivity index (χ3v) is 11.3. The van der Waals surface area contributed by atoms with Crippen molar-refractivity contribution in [2.75, 3.05) is 0 Å². The van der Waals surface area contributed by atoms with Crippen molar-refractivity contribution >= 4 is 65.2 Å². The van der Waals surface area contributed by atoms with Gasteiger partial charge in [-0.25, -0.2) is 0 Å². The molecular weight excluding hydrogens is 631 g/mol. The maximum absolute atomic E-state index is 4.81. The van der Waals surface area contributed by atoms with Crippen molar-refractivity contribution < 1.29 is 0 Å². The standard InChI is InChI=1S/C49H29N3/c1-2-11-34(12-3-1)51-45-23-19-33(28-42(45)48-36-13-5-4-9-30(36)17-24-46(48)51)32-18-22-44-41(27-32)37-14-6-7-16-43(37)52(44)35-20-21-39-40(29-35)38-15-8-10-31-25-26-50-49(39)47(31)38/h1-29H. The van der Waals surface area contributed by atoms with Gasteiger partial charge in [0.15, 0.2) is 0 Å². The Kier molecular flexibility index (Phi) is 5.50. The first-order chi connectivity index (χ1) is 25.8. The summed E-state index contributed by atoms with van der Waals surface area (Å²) in [6.07, 6.45) is 1.93. The minimum atomic E-state index is 1.08.